The summed E-state index contributed by atoms with van der Waals surface area (Å²) < 4.78 is 0. The van der Waals surface area contributed by atoms with Gasteiger partial charge in [0.05, 0.1) is 0 Å². The van der Waals surface area contributed by atoms with Crippen molar-refractivity contribution in [1.29, 1.82) is 0 Å². The van der Waals surface area contributed by atoms with Gasteiger partial charge in [-0.05, 0) is 43.7 Å². The summed E-state index contributed by atoms with van der Waals surface area (Å²) in [6.45, 7) is 0.778. The topological polar surface area (TPSA) is 29.1 Å². The predicted octanol–water partition coefficient (Wildman–Crippen LogP) is 4.97. The Labute approximate surface area is 142 Å². The quantitative estimate of drug-likeness (QED) is 0.536. The van der Waals surface area contributed by atoms with E-state index in [-0.39, 0.29) is 5.91 Å². The third-order valence-electron chi connectivity index (χ3n) is 3.84. The number of carbonyl (C=O) groups is 1. The highest BCUT2D eigenvalue weighted by molar-refractivity contribution is 7.98. The summed E-state index contributed by atoms with van der Waals surface area (Å²) in [6, 6.07) is 7.87. The average Bonchev–Trinajstić information content (AvgIpc) is 2.54. The number of allylic oxidation sites excluding steroid dienone is 1. The van der Waals surface area contributed by atoms with Gasteiger partial charge in [0, 0.05) is 29.5 Å². The molecule has 0 spiro atoms. The molecular weight excluding hydrogens is 314 g/mol. The van der Waals surface area contributed by atoms with Gasteiger partial charge in [-0.25, -0.2) is 0 Å². The van der Waals surface area contributed by atoms with Crippen LogP contribution in [0.4, 0.5) is 0 Å². The molecule has 1 N–H and O–H groups in total. The molecule has 1 aliphatic carbocycles. The van der Waals surface area contributed by atoms with Crippen molar-refractivity contribution >= 4 is 29.3 Å². The third-order valence-corrected chi connectivity index (χ3v) is 5.22. The summed E-state index contributed by atoms with van der Waals surface area (Å²) in [4.78, 5) is 11.8. The lowest BCUT2D eigenvalue weighted by Gasteiger charge is -2.12. The SMILES string of the molecule is O=C(CCSCc1ccccc1Cl)NCCC1=CCCCC1. The summed E-state index contributed by atoms with van der Waals surface area (Å²) in [7, 11) is 0. The lowest BCUT2D eigenvalue weighted by atomic mass is 9.97. The fraction of sp³-hybridized carbons (Fsp3) is 0.500. The number of hydrogen-bond donors (Lipinski definition) is 1. The standard InChI is InChI=1S/C18H24ClNOS/c19-17-9-5-4-8-16(17)14-22-13-11-18(21)20-12-10-15-6-2-1-3-7-15/h4-6,8-9H,1-3,7,10-14H2,(H,20,21). The molecule has 0 saturated carbocycles. The Morgan fingerprint density at radius 3 is 2.91 bits per heavy atom. The molecular formula is C18H24ClNOS. The molecule has 0 bridgehead atoms. The summed E-state index contributed by atoms with van der Waals surface area (Å²) in [6.07, 6.45) is 8.98. The van der Waals surface area contributed by atoms with Crippen molar-refractivity contribution in [2.45, 2.75) is 44.3 Å². The Balaban J connectivity index is 1.54. The minimum Gasteiger partial charge on any atom is -0.356 e. The molecule has 0 fully saturated rings. The maximum Gasteiger partial charge on any atom is 0.220 e. The number of halogens is 1. The lowest BCUT2D eigenvalue weighted by Crippen LogP contribution is -2.25. The smallest absolute Gasteiger partial charge is 0.220 e. The zero-order chi connectivity index (χ0) is 15.6. The second kappa shape index (κ2) is 9.96. The van der Waals surface area contributed by atoms with Gasteiger partial charge >= 0.3 is 0 Å². The minimum atomic E-state index is 0.156. The van der Waals surface area contributed by atoms with Crippen LogP contribution in [0.3, 0.4) is 0 Å². The zero-order valence-electron chi connectivity index (χ0n) is 12.9. The Morgan fingerprint density at radius 2 is 2.14 bits per heavy atom. The van der Waals surface area contributed by atoms with Crippen molar-refractivity contribution in [3.8, 4) is 0 Å². The maximum absolute atomic E-state index is 11.8. The molecule has 0 saturated heterocycles. The first-order chi connectivity index (χ1) is 10.8. The molecule has 2 nitrogen and oxygen atoms in total. The van der Waals surface area contributed by atoms with Crippen molar-refractivity contribution in [1.82, 2.24) is 5.32 Å². The number of rotatable bonds is 8. The second-order valence-corrected chi connectivity index (χ2v) is 7.11. The zero-order valence-corrected chi connectivity index (χ0v) is 14.5. The van der Waals surface area contributed by atoms with E-state index in [0.29, 0.717) is 6.42 Å². The molecule has 1 aliphatic rings. The molecule has 22 heavy (non-hydrogen) atoms. The van der Waals surface area contributed by atoms with Crippen LogP contribution in [0.5, 0.6) is 0 Å². The van der Waals surface area contributed by atoms with Gasteiger partial charge < -0.3 is 5.32 Å². The van der Waals surface area contributed by atoms with Crippen molar-refractivity contribution < 1.29 is 4.79 Å². The molecule has 0 aliphatic heterocycles. The number of nitrogens with one attached hydrogen (secondary N) is 1. The molecule has 0 unspecified atom stereocenters. The Bertz CT molecular complexity index is 516. The monoisotopic (exact) mass is 337 g/mol. The van der Waals surface area contributed by atoms with E-state index in [0.717, 1.165) is 35.1 Å². The molecule has 0 heterocycles. The van der Waals surface area contributed by atoms with E-state index < -0.39 is 0 Å². The summed E-state index contributed by atoms with van der Waals surface area (Å²) in [5, 5.41) is 3.83. The van der Waals surface area contributed by atoms with Gasteiger partial charge in [0.1, 0.15) is 0 Å². The van der Waals surface area contributed by atoms with Crippen molar-refractivity contribution in [3.05, 3.63) is 46.5 Å². The fourth-order valence-corrected chi connectivity index (χ4v) is 3.77. The van der Waals surface area contributed by atoms with E-state index in [2.05, 4.69) is 11.4 Å². The van der Waals surface area contributed by atoms with E-state index in [1.165, 1.54) is 31.3 Å². The van der Waals surface area contributed by atoms with Crippen LogP contribution in [0.25, 0.3) is 0 Å². The summed E-state index contributed by atoms with van der Waals surface area (Å²) >= 11 is 7.86. The number of amides is 1. The van der Waals surface area contributed by atoms with Crippen molar-refractivity contribution in [2.24, 2.45) is 0 Å². The van der Waals surface area contributed by atoms with Crippen molar-refractivity contribution in [2.75, 3.05) is 12.3 Å². The predicted molar refractivity (Wildman–Crippen MR) is 96.4 cm³/mol. The number of carbonyl (C=O) groups excluding carboxylic acids is 1. The van der Waals surface area contributed by atoms with Crippen LogP contribution in [0.15, 0.2) is 35.9 Å². The van der Waals surface area contributed by atoms with Gasteiger partial charge in [-0.3, -0.25) is 4.79 Å². The molecule has 1 amide bonds. The lowest BCUT2D eigenvalue weighted by molar-refractivity contribution is -0.120. The van der Waals surface area contributed by atoms with Gasteiger partial charge in [0.15, 0.2) is 0 Å². The Morgan fingerprint density at radius 1 is 1.27 bits per heavy atom. The molecule has 1 aromatic rings. The largest absolute Gasteiger partial charge is 0.356 e. The molecule has 1 aromatic carbocycles. The summed E-state index contributed by atoms with van der Waals surface area (Å²) in [5.41, 5.74) is 2.65. The van der Waals surface area contributed by atoms with Crippen LogP contribution < -0.4 is 5.32 Å². The van der Waals surface area contributed by atoms with E-state index in [1.54, 1.807) is 11.8 Å². The second-order valence-electron chi connectivity index (χ2n) is 5.60. The van der Waals surface area contributed by atoms with Gasteiger partial charge in [0.2, 0.25) is 5.91 Å². The summed E-state index contributed by atoms with van der Waals surface area (Å²) in [5.74, 6) is 1.85. The molecule has 4 heteroatoms. The van der Waals surface area contributed by atoms with Crippen LogP contribution in [-0.4, -0.2) is 18.2 Å². The van der Waals surface area contributed by atoms with Gasteiger partial charge in [-0.15, -0.1) is 0 Å². The van der Waals surface area contributed by atoms with Crippen LogP contribution in [0, 0.1) is 0 Å². The number of benzene rings is 1. The van der Waals surface area contributed by atoms with Crippen LogP contribution in [-0.2, 0) is 10.5 Å². The van der Waals surface area contributed by atoms with Crippen LogP contribution in [0.1, 0.15) is 44.1 Å². The maximum atomic E-state index is 11.8. The molecule has 0 aromatic heterocycles. The molecule has 0 radical (unpaired) electrons. The van der Waals surface area contributed by atoms with Crippen LogP contribution >= 0.6 is 23.4 Å². The first-order valence-electron chi connectivity index (χ1n) is 8.01. The van der Waals surface area contributed by atoms with Crippen molar-refractivity contribution in [3.63, 3.8) is 0 Å². The van der Waals surface area contributed by atoms with E-state index in [9.17, 15) is 4.79 Å². The normalized spacial score (nSPS) is 14.5. The molecule has 120 valence electrons. The first kappa shape index (κ1) is 17.4. The molecule has 0 atom stereocenters. The Hall–Kier alpha value is -0.930. The minimum absolute atomic E-state index is 0.156. The highest BCUT2D eigenvalue weighted by Crippen LogP contribution is 2.21. The highest BCUT2D eigenvalue weighted by atomic mass is 35.5. The van der Waals surface area contributed by atoms with E-state index in [4.69, 9.17) is 11.6 Å². The van der Waals surface area contributed by atoms with Crippen LogP contribution in [0.2, 0.25) is 5.02 Å². The average molecular weight is 338 g/mol. The highest BCUT2D eigenvalue weighted by Gasteiger charge is 2.05. The fourth-order valence-electron chi connectivity index (χ4n) is 2.55. The van der Waals surface area contributed by atoms with E-state index >= 15 is 0 Å². The third kappa shape index (κ3) is 6.45. The van der Waals surface area contributed by atoms with E-state index in [1.807, 2.05) is 24.3 Å². The van der Waals surface area contributed by atoms with Gasteiger partial charge in [-0.2, -0.15) is 11.8 Å². The number of hydrogen-bond acceptors (Lipinski definition) is 2. The molecule has 2 rings (SSSR count). The first-order valence-corrected chi connectivity index (χ1v) is 9.55. The van der Waals surface area contributed by atoms with Gasteiger partial charge in [0.25, 0.3) is 0 Å². The Kier molecular flexibility index (Phi) is 7.89. The van der Waals surface area contributed by atoms with Gasteiger partial charge in [-0.1, -0.05) is 41.4 Å². The number of thioether (sulfide) groups is 1.